The Morgan fingerprint density at radius 2 is 2.16 bits per heavy atom. The van der Waals surface area contributed by atoms with E-state index in [1.54, 1.807) is 11.8 Å². The summed E-state index contributed by atoms with van der Waals surface area (Å²) < 4.78 is 5.01. The molecule has 0 radical (unpaired) electrons. The maximum absolute atomic E-state index is 12.5. The molecule has 1 heterocycles. The number of nitriles is 1. The predicted molar refractivity (Wildman–Crippen MR) is 67.8 cm³/mol. The molecule has 1 unspecified atom stereocenters. The third-order valence-electron chi connectivity index (χ3n) is 4.09. The van der Waals surface area contributed by atoms with Gasteiger partial charge < -0.3 is 9.64 Å². The van der Waals surface area contributed by atoms with E-state index in [9.17, 15) is 14.9 Å². The number of hydrogen-bond donors (Lipinski definition) is 0. The minimum Gasteiger partial charge on any atom is -0.464 e. The number of rotatable bonds is 3. The minimum absolute atomic E-state index is 0.177. The summed E-state index contributed by atoms with van der Waals surface area (Å²) in [6.07, 6.45) is 2.65. The number of nitrogens with zero attached hydrogens (tertiary/aromatic N) is 2. The molecule has 1 saturated heterocycles. The molecule has 1 amide bonds. The highest BCUT2D eigenvalue weighted by molar-refractivity contribution is 5.91. The molecule has 0 aromatic rings. The highest BCUT2D eigenvalue weighted by atomic mass is 16.5. The van der Waals surface area contributed by atoms with Gasteiger partial charge >= 0.3 is 5.97 Å². The lowest BCUT2D eigenvalue weighted by Gasteiger charge is -2.42. The first-order valence-electron chi connectivity index (χ1n) is 6.93. The SMILES string of the molecule is CCOC(=O)C1CCCN1C(=O)C1(C#N)CC(C)C1. The fourth-order valence-corrected chi connectivity index (χ4v) is 3.21. The van der Waals surface area contributed by atoms with Crippen molar-refractivity contribution in [2.24, 2.45) is 11.3 Å². The molecular weight excluding hydrogens is 244 g/mol. The van der Waals surface area contributed by atoms with E-state index in [0.29, 0.717) is 38.3 Å². The zero-order valence-corrected chi connectivity index (χ0v) is 11.5. The average Bonchev–Trinajstić information content (AvgIpc) is 2.83. The monoisotopic (exact) mass is 264 g/mol. The van der Waals surface area contributed by atoms with E-state index in [0.717, 1.165) is 6.42 Å². The van der Waals surface area contributed by atoms with Crippen molar-refractivity contribution in [3.05, 3.63) is 0 Å². The first kappa shape index (κ1) is 13.9. The topological polar surface area (TPSA) is 70.4 Å². The molecule has 1 aliphatic carbocycles. The molecule has 104 valence electrons. The Morgan fingerprint density at radius 3 is 2.68 bits per heavy atom. The minimum atomic E-state index is -0.894. The number of esters is 1. The Bertz CT molecular complexity index is 421. The van der Waals surface area contributed by atoms with E-state index in [1.807, 2.05) is 6.92 Å². The van der Waals surface area contributed by atoms with E-state index in [-0.39, 0.29) is 11.9 Å². The molecule has 2 rings (SSSR count). The van der Waals surface area contributed by atoms with E-state index in [1.165, 1.54) is 0 Å². The normalized spacial score (nSPS) is 33.4. The maximum Gasteiger partial charge on any atom is 0.328 e. The van der Waals surface area contributed by atoms with Crippen molar-refractivity contribution in [3.63, 3.8) is 0 Å². The van der Waals surface area contributed by atoms with Gasteiger partial charge in [0, 0.05) is 6.54 Å². The quantitative estimate of drug-likeness (QED) is 0.724. The number of hydrogen-bond acceptors (Lipinski definition) is 4. The van der Waals surface area contributed by atoms with Crippen LogP contribution in [0.5, 0.6) is 0 Å². The van der Waals surface area contributed by atoms with Crippen molar-refractivity contribution in [2.75, 3.05) is 13.2 Å². The van der Waals surface area contributed by atoms with Gasteiger partial charge in [-0.3, -0.25) is 4.79 Å². The molecule has 0 spiro atoms. The van der Waals surface area contributed by atoms with Crippen LogP contribution in [0.2, 0.25) is 0 Å². The van der Waals surface area contributed by atoms with Crippen LogP contribution in [-0.2, 0) is 14.3 Å². The summed E-state index contributed by atoms with van der Waals surface area (Å²) in [6.45, 7) is 4.66. The van der Waals surface area contributed by atoms with E-state index >= 15 is 0 Å². The zero-order valence-electron chi connectivity index (χ0n) is 11.5. The first-order valence-corrected chi connectivity index (χ1v) is 6.93. The Hall–Kier alpha value is -1.57. The summed E-state index contributed by atoms with van der Waals surface area (Å²) in [6, 6.07) is 1.68. The number of carbonyl (C=O) groups excluding carboxylic acids is 2. The Labute approximate surface area is 113 Å². The molecule has 0 aromatic heterocycles. The molecule has 1 saturated carbocycles. The number of likely N-dealkylation sites (tertiary alicyclic amines) is 1. The predicted octanol–water partition coefficient (Wildman–Crippen LogP) is 1.48. The smallest absolute Gasteiger partial charge is 0.328 e. The molecular formula is C14H20N2O3. The van der Waals surface area contributed by atoms with Crippen LogP contribution < -0.4 is 0 Å². The van der Waals surface area contributed by atoms with Crippen molar-refractivity contribution >= 4 is 11.9 Å². The highest BCUT2D eigenvalue weighted by Crippen LogP contribution is 2.47. The lowest BCUT2D eigenvalue weighted by molar-refractivity contribution is -0.158. The van der Waals surface area contributed by atoms with Gasteiger partial charge in [-0.1, -0.05) is 6.92 Å². The molecule has 19 heavy (non-hydrogen) atoms. The van der Waals surface area contributed by atoms with Crippen LogP contribution in [0.15, 0.2) is 0 Å². The lowest BCUT2D eigenvalue weighted by atomic mass is 9.62. The van der Waals surface area contributed by atoms with Gasteiger partial charge in [-0.25, -0.2) is 4.79 Å². The Morgan fingerprint density at radius 1 is 1.47 bits per heavy atom. The summed E-state index contributed by atoms with van der Waals surface area (Å²) in [4.78, 5) is 26.0. The van der Waals surface area contributed by atoms with Crippen LogP contribution in [0.4, 0.5) is 0 Å². The lowest BCUT2D eigenvalue weighted by Crippen LogP contribution is -2.53. The number of amides is 1. The van der Waals surface area contributed by atoms with Crippen molar-refractivity contribution < 1.29 is 14.3 Å². The van der Waals surface area contributed by atoms with Gasteiger partial charge in [0.25, 0.3) is 0 Å². The highest BCUT2D eigenvalue weighted by Gasteiger charge is 2.53. The van der Waals surface area contributed by atoms with Crippen molar-refractivity contribution in [1.82, 2.24) is 4.90 Å². The summed E-state index contributed by atoms with van der Waals surface area (Å²) in [5.74, 6) is -0.107. The van der Waals surface area contributed by atoms with E-state index in [4.69, 9.17) is 4.74 Å². The van der Waals surface area contributed by atoms with Gasteiger partial charge in [-0.15, -0.1) is 0 Å². The van der Waals surface area contributed by atoms with Crippen LogP contribution in [-0.4, -0.2) is 36.0 Å². The molecule has 0 aromatic carbocycles. The first-order chi connectivity index (χ1) is 9.04. The molecule has 1 aliphatic heterocycles. The standard InChI is InChI=1S/C14H20N2O3/c1-3-19-12(17)11-5-4-6-16(11)13(18)14(9-15)7-10(2)8-14/h10-11H,3-8H2,1-2H3. The third-order valence-corrected chi connectivity index (χ3v) is 4.09. The molecule has 5 heteroatoms. The van der Waals surface area contributed by atoms with Crippen LogP contribution in [0.1, 0.15) is 39.5 Å². The number of ether oxygens (including phenoxy) is 1. The molecule has 1 atom stereocenters. The summed E-state index contributed by atoms with van der Waals surface area (Å²) in [5.41, 5.74) is -0.894. The molecule has 5 nitrogen and oxygen atoms in total. The van der Waals surface area contributed by atoms with Gasteiger partial charge in [-0.05, 0) is 38.5 Å². The maximum atomic E-state index is 12.5. The van der Waals surface area contributed by atoms with Gasteiger partial charge in [0.15, 0.2) is 0 Å². The fourth-order valence-electron chi connectivity index (χ4n) is 3.21. The largest absolute Gasteiger partial charge is 0.464 e. The average molecular weight is 264 g/mol. The molecule has 0 bridgehead atoms. The van der Waals surface area contributed by atoms with E-state index < -0.39 is 11.5 Å². The van der Waals surface area contributed by atoms with Gasteiger partial charge in [0.05, 0.1) is 12.7 Å². The summed E-state index contributed by atoms with van der Waals surface area (Å²) in [5, 5.41) is 9.30. The second-order valence-electron chi connectivity index (χ2n) is 5.62. The second-order valence-corrected chi connectivity index (χ2v) is 5.62. The van der Waals surface area contributed by atoms with Gasteiger partial charge in [0.2, 0.25) is 5.91 Å². The number of carbonyl (C=O) groups is 2. The Kier molecular flexibility index (Phi) is 3.79. The second kappa shape index (κ2) is 5.20. The Balaban J connectivity index is 2.10. The van der Waals surface area contributed by atoms with Crippen molar-refractivity contribution in [1.29, 1.82) is 5.26 Å². The van der Waals surface area contributed by atoms with E-state index in [2.05, 4.69) is 6.07 Å². The van der Waals surface area contributed by atoms with Crippen LogP contribution in [0.25, 0.3) is 0 Å². The van der Waals surface area contributed by atoms with Crippen molar-refractivity contribution in [3.8, 4) is 6.07 Å². The van der Waals surface area contributed by atoms with Gasteiger partial charge in [-0.2, -0.15) is 5.26 Å². The molecule has 0 N–H and O–H groups in total. The van der Waals surface area contributed by atoms with Gasteiger partial charge in [0.1, 0.15) is 11.5 Å². The van der Waals surface area contributed by atoms with Crippen LogP contribution in [0.3, 0.4) is 0 Å². The van der Waals surface area contributed by atoms with Crippen LogP contribution >= 0.6 is 0 Å². The zero-order chi connectivity index (χ0) is 14.0. The summed E-state index contributed by atoms with van der Waals surface area (Å²) >= 11 is 0. The molecule has 2 fully saturated rings. The van der Waals surface area contributed by atoms with Crippen LogP contribution in [0, 0.1) is 22.7 Å². The van der Waals surface area contributed by atoms with Crippen molar-refractivity contribution in [2.45, 2.75) is 45.6 Å². The summed E-state index contributed by atoms with van der Waals surface area (Å²) in [7, 11) is 0. The molecule has 2 aliphatic rings. The third kappa shape index (κ3) is 2.32. The fraction of sp³-hybridized carbons (Fsp3) is 0.786.